The van der Waals surface area contributed by atoms with Gasteiger partial charge in [0, 0.05) is 11.3 Å². The summed E-state index contributed by atoms with van der Waals surface area (Å²) in [5.41, 5.74) is 4.02. The van der Waals surface area contributed by atoms with Gasteiger partial charge in [0.05, 0.1) is 12.8 Å². The SMILES string of the molecule is COc1ccccc1NC(=S)Nc1ccccc1-c1ccccc1. The van der Waals surface area contributed by atoms with Crippen molar-refractivity contribution in [3.8, 4) is 16.9 Å². The predicted octanol–water partition coefficient (Wildman–Crippen LogP) is 5.17. The fourth-order valence-electron chi connectivity index (χ4n) is 2.49. The van der Waals surface area contributed by atoms with Gasteiger partial charge < -0.3 is 15.4 Å². The van der Waals surface area contributed by atoms with Crippen molar-refractivity contribution in [3.05, 3.63) is 78.9 Å². The third kappa shape index (κ3) is 3.73. The fourth-order valence-corrected chi connectivity index (χ4v) is 2.71. The largest absolute Gasteiger partial charge is 0.495 e. The summed E-state index contributed by atoms with van der Waals surface area (Å²) in [6.07, 6.45) is 0. The first kappa shape index (κ1) is 16.0. The number of anilines is 2. The maximum absolute atomic E-state index is 5.46. The molecular weight excluding hydrogens is 316 g/mol. The van der Waals surface area contributed by atoms with Crippen LogP contribution in [0.3, 0.4) is 0 Å². The van der Waals surface area contributed by atoms with Crippen LogP contribution in [0.25, 0.3) is 11.1 Å². The molecule has 0 fully saturated rings. The third-order valence-corrected chi connectivity index (χ3v) is 3.82. The molecule has 0 aliphatic carbocycles. The van der Waals surface area contributed by atoms with Crippen LogP contribution in [0.4, 0.5) is 11.4 Å². The average Bonchev–Trinajstić information content (AvgIpc) is 2.63. The van der Waals surface area contributed by atoms with Crippen molar-refractivity contribution in [2.24, 2.45) is 0 Å². The second kappa shape index (κ2) is 7.62. The summed E-state index contributed by atoms with van der Waals surface area (Å²) in [4.78, 5) is 0. The molecule has 0 saturated carbocycles. The average molecular weight is 334 g/mol. The molecule has 120 valence electrons. The standard InChI is InChI=1S/C20H18N2OS/c1-23-19-14-8-7-13-18(19)22-20(24)21-17-12-6-5-11-16(17)15-9-3-2-4-10-15/h2-14H,1H3,(H2,21,22,24). The van der Waals surface area contributed by atoms with Gasteiger partial charge in [-0.1, -0.05) is 60.7 Å². The van der Waals surface area contributed by atoms with Crippen LogP contribution in [0.5, 0.6) is 5.75 Å². The van der Waals surface area contributed by atoms with Gasteiger partial charge in [-0.05, 0) is 36.0 Å². The summed E-state index contributed by atoms with van der Waals surface area (Å²) >= 11 is 5.46. The van der Waals surface area contributed by atoms with E-state index in [4.69, 9.17) is 17.0 Å². The minimum Gasteiger partial charge on any atom is -0.495 e. The zero-order valence-corrected chi connectivity index (χ0v) is 14.1. The number of nitrogens with one attached hydrogen (secondary N) is 2. The van der Waals surface area contributed by atoms with Crippen LogP contribution in [0, 0.1) is 0 Å². The van der Waals surface area contributed by atoms with Crippen LogP contribution in [0.2, 0.25) is 0 Å². The second-order valence-corrected chi connectivity index (χ2v) is 5.60. The predicted molar refractivity (Wildman–Crippen MR) is 105 cm³/mol. The minimum atomic E-state index is 0.517. The van der Waals surface area contributed by atoms with E-state index in [0.717, 1.165) is 28.3 Å². The lowest BCUT2D eigenvalue weighted by atomic mass is 10.0. The Balaban J connectivity index is 1.80. The molecule has 3 rings (SSSR count). The highest BCUT2D eigenvalue weighted by Crippen LogP contribution is 2.28. The number of hydrogen-bond acceptors (Lipinski definition) is 2. The topological polar surface area (TPSA) is 33.3 Å². The highest BCUT2D eigenvalue weighted by atomic mass is 32.1. The Kier molecular flexibility index (Phi) is 5.08. The van der Waals surface area contributed by atoms with Crippen LogP contribution < -0.4 is 15.4 Å². The molecule has 0 atom stereocenters. The Morgan fingerprint density at radius 1 is 0.750 bits per heavy atom. The molecular formula is C20H18N2OS. The van der Waals surface area contributed by atoms with Gasteiger partial charge in [0.15, 0.2) is 5.11 Å². The molecule has 2 N–H and O–H groups in total. The molecule has 0 saturated heterocycles. The molecule has 0 radical (unpaired) electrons. The normalized spacial score (nSPS) is 10.0. The first-order chi connectivity index (χ1) is 11.8. The first-order valence-electron chi connectivity index (χ1n) is 7.63. The highest BCUT2D eigenvalue weighted by molar-refractivity contribution is 7.80. The maximum atomic E-state index is 5.46. The lowest BCUT2D eigenvalue weighted by Gasteiger charge is -2.15. The van der Waals surface area contributed by atoms with Gasteiger partial charge in [-0.2, -0.15) is 0 Å². The van der Waals surface area contributed by atoms with Crippen molar-refractivity contribution < 1.29 is 4.74 Å². The number of rotatable bonds is 4. The number of ether oxygens (including phenoxy) is 1. The van der Waals surface area contributed by atoms with Crippen LogP contribution >= 0.6 is 12.2 Å². The lowest BCUT2D eigenvalue weighted by Crippen LogP contribution is -2.19. The Morgan fingerprint density at radius 3 is 2.08 bits per heavy atom. The van der Waals surface area contributed by atoms with Crippen molar-refractivity contribution in [1.82, 2.24) is 0 Å². The molecule has 0 aromatic heterocycles. The minimum absolute atomic E-state index is 0.517. The van der Waals surface area contributed by atoms with E-state index >= 15 is 0 Å². The molecule has 0 aliphatic heterocycles. The summed E-state index contributed by atoms with van der Waals surface area (Å²) in [6.45, 7) is 0. The van der Waals surface area contributed by atoms with E-state index in [1.165, 1.54) is 0 Å². The molecule has 0 bridgehead atoms. The zero-order valence-electron chi connectivity index (χ0n) is 13.3. The van der Waals surface area contributed by atoms with E-state index in [1.54, 1.807) is 7.11 Å². The molecule has 3 nitrogen and oxygen atoms in total. The number of hydrogen-bond donors (Lipinski definition) is 2. The van der Waals surface area contributed by atoms with Gasteiger partial charge in [0.2, 0.25) is 0 Å². The molecule has 3 aromatic rings. The molecule has 0 heterocycles. The van der Waals surface area contributed by atoms with Gasteiger partial charge in [-0.15, -0.1) is 0 Å². The molecule has 0 amide bonds. The van der Waals surface area contributed by atoms with Crippen LogP contribution in [0.15, 0.2) is 78.9 Å². The van der Waals surface area contributed by atoms with Gasteiger partial charge in [-0.3, -0.25) is 0 Å². The van der Waals surface area contributed by atoms with E-state index in [0.29, 0.717) is 5.11 Å². The Morgan fingerprint density at radius 2 is 1.33 bits per heavy atom. The summed E-state index contributed by atoms with van der Waals surface area (Å²) in [5.74, 6) is 0.748. The van der Waals surface area contributed by atoms with Gasteiger partial charge in [0.25, 0.3) is 0 Å². The zero-order chi connectivity index (χ0) is 16.8. The summed E-state index contributed by atoms with van der Waals surface area (Å²) < 4.78 is 5.34. The van der Waals surface area contributed by atoms with E-state index < -0.39 is 0 Å². The lowest BCUT2D eigenvalue weighted by molar-refractivity contribution is 0.417. The fraction of sp³-hybridized carbons (Fsp3) is 0.0500. The van der Waals surface area contributed by atoms with E-state index in [9.17, 15) is 0 Å². The molecule has 0 spiro atoms. The summed E-state index contributed by atoms with van der Waals surface area (Å²) in [5, 5.41) is 6.97. The van der Waals surface area contributed by atoms with Gasteiger partial charge in [-0.25, -0.2) is 0 Å². The number of benzene rings is 3. The molecule has 4 heteroatoms. The van der Waals surface area contributed by atoms with Crippen molar-refractivity contribution in [2.45, 2.75) is 0 Å². The smallest absolute Gasteiger partial charge is 0.175 e. The van der Waals surface area contributed by atoms with Gasteiger partial charge >= 0.3 is 0 Å². The first-order valence-corrected chi connectivity index (χ1v) is 8.04. The number of para-hydroxylation sites is 3. The third-order valence-electron chi connectivity index (χ3n) is 3.62. The van der Waals surface area contributed by atoms with E-state index in [-0.39, 0.29) is 0 Å². The molecule has 0 unspecified atom stereocenters. The summed E-state index contributed by atoms with van der Waals surface area (Å²) in [6, 6.07) is 26.0. The quantitative estimate of drug-likeness (QED) is 0.645. The van der Waals surface area contributed by atoms with Crippen molar-refractivity contribution in [2.75, 3.05) is 17.7 Å². The second-order valence-electron chi connectivity index (χ2n) is 5.19. The van der Waals surface area contributed by atoms with Gasteiger partial charge in [0.1, 0.15) is 5.75 Å². The number of thiocarbonyl (C=S) groups is 1. The summed E-state index contributed by atoms with van der Waals surface area (Å²) in [7, 11) is 1.64. The number of methoxy groups -OCH3 is 1. The van der Waals surface area contributed by atoms with Crippen molar-refractivity contribution >= 4 is 28.7 Å². The molecule has 3 aromatic carbocycles. The molecule has 24 heavy (non-hydrogen) atoms. The highest BCUT2D eigenvalue weighted by Gasteiger charge is 2.08. The van der Waals surface area contributed by atoms with Crippen LogP contribution in [-0.2, 0) is 0 Å². The van der Waals surface area contributed by atoms with Crippen molar-refractivity contribution in [3.63, 3.8) is 0 Å². The van der Waals surface area contributed by atoms with E-state index in [1.807, 2.05) is 60.7 Å². The maximum Gasteiger partial charge on any atom is 0.175 e. The van der Waals surface area contributed by atoms with Crippen molar-refractivity contribution in [1.29, 1.82) is 0 Å². The van der Waals surface area contributed by atoms with Crippen LogP contribution in [0.1, 0.15) is 0 Å². The Hall–Kier alpha value is -2.85. The van der Waals surface area contributed by atoms with Crippen LogP contribution in [-0.4, -0.2) is 12.2 Å². The monoisotopic (exact) mass is 334 g/mol. The van der Waals surface area contributed by atoms with E-state index in [2.05, 4.69) is 28.8 Å². The molecule has 0 aliphatic rings. The Labute approximate surface area is 147 Å². The Bertz CT molecular complexity index is 834.